The van der Waals surface area contributed by atoms with E-state index in [9.17, 15) is 0 Å². The Labute approximate surface area is 119 Å². The third kappa shape index (κ3) is 3.27. The Morgan fingerprint density at radius 3 is 2.95 bits per heavy atom. The van der Waals surface area contributed by atoms with E-state index >= 15 is 0 Å². The molecule has 0 saturated carbocycles. The van der Waals surface area contributed by atoms with Crippen LogP contribution >= 0.6 is 11.3 Å². The van der Waals surface area contributed by atoms with E-state index in [2.05, 4.69) is 33.2 Å². The molecule has 2 aliphatic rings. The number of hydrogen-bond donors (Lipinski definition) is 1. The van der Waals surface area contributed by atoms with Crippen LogP contribution in [-0.4, -0.2) is 48.6 Å². The normalized spacial score (nSPS) is 25.7. The van der Waals surface area contributed by atoms with Crippen molar-refractivity contribution in [1.29, 1.82) is 0 Å². The summed E-state index contributed by atoms with van der Waals surface area (Å²) in [6.07, 6.45) is 6.09. The number of nitrogens with zero attached hydrogens (tertiary/aromatic N) is 3. The van der Waals surface area contributed by atoms with E-state index in [1.54, 1.807) is 0 Å². The van der Waals surface area contributed by atoms with Crippen molar-refractivity contribution in [2.45, 2.75) is 38.8 Å². The molecule has 0 aliphatic carbocycles. The fourth-order valence-corrected chi connectivity index (χ4v) is 4.06. The third-order valence-electron chi connectivity index (χ3n) is 4.18. The van der Waals surface area contributed by atoms with E-state index in [1.807, 2.05) is 11.3 Å². The first-order valence-electron chi connectivity index (χ1n) is 7.47. The quantitative estimate of drug-likeness (QED) is 0.917. The van der Waals surface area contributed by atoms with Crippen molar-refractivity contribution in [3.8, 4) is 0 Å². The highest BCUT2D eigenvalue weighted by Crippen LogP contribution is 2.29. The number of anilines is 1. The highest BCUT2D eigenvalue weighted by atomic mass is 32.1. The number of piperazine rings is 1. The molecule has 1 atom stereocenters. The van der Waals surface area contributed by atoms with Crippen molar-refractivity contribution in [3.63, 3.8) is 0 Å². The van der Waals surface area contributed by atoms with Gasteiger partial charge in [-0.15, -0.1) is 11.3 Å². The number of nitrogens with one attached hydrogen (secondary N) is 1. The van der Waals surface area contributed by atoms with Crippen LogP contribution in [0.3, 0.4) is 0 Å². The minimum atomic E-state index is 0.659. The van der Waals surface area contributed by atoms with Gasteiger partial charge in [-0.1, -0.05) is 0 Å². The molecule has 0 bridgehead atoms. The Morgan fingerprint density at radius 2 is 2.16 bits per heavy atom. The molecule has 5 heteroatoms. The van der Waals surface area contributed by atoms with Gasteiger partial charge < -0.3 is 10.2 Å². The Bertz CT molecular complexity index is 400. The van der Waals surface area contributed by atoms with Crippen LogP contribution in [-0.2, 0) is 6.54 Å². The fourth-order valence-electron chi connectivity index (χ4n) is 2.98. The standard InChI is InChI=1S/C14H24N4S/c1-12-4-2-3-7-18(12)14-16-10-13(19-14)11-17-8-5-15-6-9-17/h10,12,15H,2-9,11H2,1H3. The summed E-state index contributed by atoms with van der Waals surface area (Å²) >= 11 is 1.89. The summed E-state index contributed by atoms with van der Waals surface area (Å²) < 4.78 is 0. The van der Waals surface area contributed by atoms with Crippen molar-refractivity contribution in [2.75, 3.05) is 37.6 Å². The summed E-state index contributed by atoms with van der Waals surface area (Å²) in [5, 5.41) is 4.63. The maximum Gasteiger partial charge on any atom is 0.185 e. The molecule has 2 fully saturated rings. The molecule has 19 heavy (non-hydrogen) atoms. The molecule has 4 nitrogen and oxygen atoms in total. The SMILES string of the molecule is CC1CCCCN1c1ncc(CN2CCNCC2)s1. The first kappa shape index (κ1) is 13.3. The van der Waals surface area contributed by atoms with E-state index in [0.29, 0.717) is 6.04 Å². The number of rotatable bonds is 3. The summed E-state index contributed by atoms with van der Waals surface area (Å²) in [6.45, 7) is 9.14. The van der Waals surface area contributed by atoms with Crippen molar-refractivity contribution >= 4 is 16.5 Å². The van der Waals surface area contributed by atoms with Crippen LogP contribution in [0.4, 0.5) is 5.13 Å². The smallest absolute Gasteiger partial charge is 0.185 e. The minimum absolute atomic E-state index is 0.659. The van der Waals surface area contributed by atoms with Gasteiger partial charge >= 0.3 is 0 Å². The van der Waals surface area contributed by atoms with Crippen LogP contribution in [0.1, 0.15) is 31.1 Å². The maximum atomic E-state index is 4.66. The molecule has 1 N–H and O–H groups in total. The highest BCUT2D eigenvalue weighted by Gasteiger charge is 2.21. The summed E-state index contributed by atoms with van der Waals surface area (Å²) in [6, 6.07) is 0.659. The Balaban J connectivity index is 1.61. The Hall–Kier alpha value is -0.650. The molecule has 0 spiro atoms. The van der Waals surface area contributed by atoms with Gasteiger partial charge in [0.2, 0.25) is 0 Å². The van der Waals surface area contributed by atoms with Gasteiger partial charge in [0.15, 0.2) is 5.13 Å². The lowest BCUT2D eigenvalue weighted by Gasteiger charge is -2.33. The largest absolute Gasteiger partial charge is 0.345 e. The van der Waals surface area contributed by atoms with E-state index in [4.69, 9.17) is 0 Å². The first-order valence-corrected chi connectivity index (χ1v) is 8.29. The summed E-state index contributed by atoms with van der Waals surface area (Å²) in [7, 11) is 0. The van der Waals surface area contributed by atoms with E-state index in [0.717, 1.165) is 32.7 Å². The van der Waals surface area contributed by atoms with Gasteiger partial charge in [-0.05, 0) is 26.2 Å². The molecule has 2 saturated heterocycles. The van der Waals surface area contributed by atoms with Gasteiger partial charge in [-0.3, -0.25) is 4.90 Å². The van der Waals surface area contributed by atoms with Gasteiger partial charge in [0.25, 0.3) is 0 Å². The fraction of sp³-hybridized carbons (Fsp3) is 0.786. The van der Waals surface area contributed by atoms with Gasteiger partial charge in [-0.2, -0.15) is 0 Å². The molecule has 0 amide bonds. The topological polar surface area (TPSA) is 31.4 Å². The summed E-state index contributed by atoms with van der Waals surface area (Å²) in [5.41, 5.74) is 0. The van der Waals surface area contributed by atoms with E-state index < -0.39 is 0 Å². The molecule has 1 unspecified atom stereocenters. The number of aromatic nitrogens is 1. The molecular formula is C14H24N4S. The summed E-state index contributed by atoms with van der Waals surface area (Å²) in [5.74, 6) is 0. The minimum Gasteiger partial charge on any atom is -0.345 e. The average molecular weight is 280 g/mol. The van der Waals surface area contributed by atoms with Crippen LogP contribution in [0.5, 0.6) is 0 Å². The zero-order chi connectivity index (χ0) is 13.1. The van der Waals surface area contributed by atoms with Crippen LogP contribution in [0.2, 0.25) is 0 Å². The van der Waals surface area contributed by atoms with E-state index in [-0.39, 0.29) is 0 Å². The molecule has 2 aliphatic heterocycles. The zero-order valence-corrected chi connectivity index (χ0v) is 12.6. The summed E-state index contributed by atoms with van der Waals surface area (Å²) in [4.78, 5) is 11.1. The molecule has 3 rings (SSSR count). The number of piperidine rings is 1. The van der Waals surface area contributed by atoms with Crippen LogP contribution in [0, 0.1) is 0 Å². The monoisotopic (exact) mass is 280 g/mol. The van der Waals surface area contributed by atoms with Crippen molar-refractivity contribution in [3.05, 3.63) is 11.1 Å². The van der Waals surface area contributed by atoms with Gasteiger partial charge in [0, 0.05) is 56.4 Å². The predicted octanol–water partition coefficient (Wildman–Crippen LogP) is 1.93. The lowest BCUT2D eigenvalue weighted by Crippen LogP contribution is -2.42. The number of hydrogen-bond acceptors (Lipinski definition) is 5. The molecule has 3 heterocycles. The van der Waals surface area contributed by atoms with Crippen molar-refractivity contribution in [2.24, 2.45) is 0 Å². The predicted molar refractivity (Wildman–Crippen MR) is 80.9 cm³/mol. The second-order valence-corrected chi connectivity index (χ2v) is 6.77. The molecular weight excluding hydrogens is 256 g/mol. The number of thiazole rings is 1. The third-order valence-corrected chi connectivity index (χ3v) is 5.20. The lowest BCUT2D eigenvalue weighted by atomic mass is 10.1. The molecule has 1 aromatic heterocycles. The Morgan fingerprint density at radius 1 is 1.32 bits per heavy atom. The van der Waals surface area contributed by atoms with Crippen molar-refractivity contribution in [1.82, 2.24) is 15.2 Å². The first-order chi connectivity index (χ1) is 9.33. The van der Waals surface area contributed by atoms with Crippen LogP contribution in [0.15, 0.2) is 6.20 Å². The lowest BCUT2D eigenvalue weighted by molar-refractivity contribution is 0.235. The second-order valence-electron chi connectivity index (χ2n) is 5.67. The van der Waals surface area contributed by atoms with Gasteiger partial charge in [-0.25, -0.2) is 4.98 Å². The van der Waals surface area contributed by atoms with Crippen LogP contribution < -0.4 is 10.2 Å². The van der Waals surface area contributed by atoms with Crippen molar-refractivity contribution < 1.29 is 0 Å². The zero-order valence-electron chi connectivity index (χ0n) is 11.8. The molecule has 106 valence electrons. The van der Waals surface area contributed by atoms with Crippen LogP contribution in [0.25, 0.3) is 0 Å². The average Bonchev–Trinajstić information content (AvgIpc) is 2.89. The maximum absolute atomic E-state index is 4.66. The molecule has 0 aromatic carbocycles. The highest BCUT2D eigenvalue weighted by molar-refractivity contribution is 7.15. The molecule has 1 aromatic rings. The van der Waals surface area contributed by atoms with E-state index in [1.165, 1.54) is 35.8 Å². The second kappa shape index (κ2) is 6.20. The molecule has 0 radical (unpaired) electrons. The van der Waals surface area contributed by atoms with Gasteiger partial charge in [0.1, 0.15) is 0 Å². The van der Waals surface area contributed by atoms with Gasteiger partial charge in [0.05, 0.1) is 0 Å². The Kier molecular flexibility index (Phi) is 4.35.